The predicted octanol–water partition coefficient (Wildman–Crippen LogP) is 3.42. The first kappa shape index (κ1) is 12.8. The van der Waals surface area contributed by atoms with Gasteiger partial charge in [-0.1, -0.05) is 12.1 Å². The zero-order valence-corrected chi connectivity index (χ0v) is 11.9. The minimum absolute atomic E-state index is 0.332. The Hall–Kier alpha value is -2.21. The first-order valence-corrected chi connectivity index (χ1v) is 6.67. The van der Waals surface area contributed by atoms with E-state index in [1.807, 2.05) is 6.07 Å². The maximum Gasteiger partial charge on any atom is 0.155 e. The average molecular weight is 333 g/mol. The molecule has 20 heavy (non-hydrogen) atoms. The van der Waals surface area contributed by atoms with E-state index in [9.17, 15) is 4.39 Å². The number of rotatable bonds is 2. The van der Waals surface area contributed by atoms with Crippen LogP contribution in [0.5, 0.6) is 0 Å². The first-order valence-electron chi connectivity index (χ1n) is 5.87. The van der Waals surface area contributed by atoms with Crippen LogP contribution >= 0.6 is 15.9 Å². The summed E-state index contributed by atoms with van der Waals surface area (Å²) in [7, 11) is 0. The summed E-state index contributed by atoms with van der Waals surface area (Å²) in [6, 6.07) is 11.7. The highest BCUT2D eigenvalue weighted by Crippen LogP contribution is 2.24. The summed E-state index contributed by atoms with van der Waals surface area (Å²) < 4.78 is 16.1. The third-order valence-electron chi connectivity index (χ3n) is 2.82. The molecule has 0 aliphatic heterocycles. The van der Waals surface area contributed by atoms with Crippen molar-refractivity contribution in [3.63, 3.8) is 0 Å². The Bertz CT molecular complexity index is 752. The van der Waals surface area contributed by atoms with Gasteiger partial charge in [0, 0.05) is 22.3 Å². The van der Waals surface area contributed by atoms with Crippen LogP contribution in [0.25, 0.3) is 17.1 Å². The Kier molecular flexibility index (Phi) is 3.23. The van der Waals surface area contributed by atoms with Gasteiger partial charge >= 0.3 is 0 Å². The van der Waals surface area contributed by atoms with Gasteiger partial charge in [-0.05, 0) is 40.2 Å². The largest absolute Gasteiger partial charge is 0.384 e. The molecule has 0 saturated heterocycles. The Morgan fingerprint density at radius 3 is 2.65 bits per heavy atom. The minimum Gasteiger partial charge on any atom is -0.384 e. The highest BCUT2D eigenvalue weighted by atomic mass is 79.9. The van der Waals surface area contributed by atoms with Crippen LogP contribution in [0, 0.1) is 5.82 Å². The van der Waals surface area contributed by atoms with Gasteiger partial charge in [-0.15, -0.1) is 0 Å². The molecular formula is C14H10BrFN4. The molecule has 0 bridgehead atoms. The highest BCUT2D eigenvalue weighted by molar-refractivity contribution is 9.10. The van der Waals surface area contributed by atoms with E-state index < -0.39 is 0 Å². The number of pyridine rings is 1. The van der Waals surface area contributed by atoms with Crippen molar-refractivity contribution in [2.75, 3.05) is 5.73 Å². The summed E-state index contributed by atoms with van der Waals surface area (Å²) in [5, 5.41) is 4.31. The van der Waals surface area contributed by atoms with Crippen LogP contribution in [0.1, 0.15) is 0 Å². The van der Waals surface area contributed by atoms with Gasteiger partial charge in [0.1, 0.15) is 11.6 Å². The fourth-order valence-electron chi connectivity index (χ4n) is 1.87. The monoisotopic (exact) mass is 332 g/mol. The fraction of sp³-hybridized carbons (Fsp3) is 0. The van der Waals surface area contributed by atoms with Crippen molar-refractivity contribution in [3.05, 3.63) is 59.0 Å². The third kappa shape index (κ3) is 2.30. The third-order valence-corrected chi connectivity index (χ3v) is 3.28. The molecule has 0 amide bonds. The van der Waals surface area contributed by atoms with Gasteiger partial charge in [-0.3, -0.25) is 0 Å². The number of halogens is 2. The van der Waals surface area contributed by atoms with E-state index in [0.717, 1.165) is 4.47 Å². The molecule has 2 heterocycles. The molecule has 2 N–H and O–H groups in total. The molecule has 0 spiro atoms. The molecular weight excluding hydrogens is 323 g/mol. The van der Waals surface area contributed by atoms with Gasteiger partial charge in [-0.25, -0.2) is 9.37 Å². The predicted molar refractivity (Wildman–Crippen MR) is 78.9 cm³/mol. The number of hydrogen-bond donors (Lipinski definition) is 1. The number of hydrogen-bond acceptors (Lipinski definition) is 3. The van der Waals surface area contributed by atoms with Crippen molar-refractivity contribution in [2.24, 2.45) is 0 Å². The van der Waals surface area contributed by atoms with E-state index in [4.69, 9.17) is 5.73 Å². The summed E-state index contributed by atoms with van der Waals surface area (Å²) >= 11 is 3.31. The molecule has 0 unspecified atom stereocenters. The smallest absolute Gasteiger partial charge is 0.155 e. The topological polar surface area (TPSA) is 56.7 Å². The molecule has 100 valence electrons. The van der Waals surface area contributed by atoms with E-state index in [1.165, 1.54) is 10.7 Å². The van der Waals surface area contributed by atoms with Crippen LogP contribution in [0.2, 0.25) is 0 Å². The second kappa shape index (κ2) is 5.05. The Labute approximate surface area is 123 Å². The van der Waals surface area contributed by atoms with Crippen LogP contribution in [-0.4, -0.2) is 14.8 Å². The molecule has 0 aliphatic carbocycles. The van der Waals surface area contributed by atoms with E-state index in [0.29, 0.717) is 22.9 Å². The molecule has 0 aliphatic rings. The van der Waals surface area contributed by atoms with Crippen LogP contribution in [0.15, 0.2) is 53.1 Å². The number of anilines is 1. The zero-order valence-electron chi connectivity index (χ0n) is 10.3. The van der Waals surface area contributed by atoms with E-state index in [-0.39, 0.29) is 5.82 Å². The van der Waals surface area contributed by atoms with Gasteiger partial charge in [0.25, 0.3) is 0 Å². The molecule has 1 aromatic carbocycles. The Balaban J connectivity index is 2.08. The fourth-order valence-corrected chi connectivity index (χ4v) is 2.11. The minimum atomic E-state index is -0.332. The summed E-state index contributed by atoms with van der Waals surface area (Å²) in [6.45, 7) is 0. The zero-order chi connectivity index (χ0) is 14.1. The maximum atomic E-state index is 13.8. The number of nitrogens with two attached hydrogens (primary N) is 1. The SMILES string of the molecule is Nc1cc(-c2ccccc2F)nn1-c1ccc(Br)cn1. The van der Waals surface area contributed by atoms with Crippen molar-refractivity contribution >= 4 is 21.7 Å². The lowest BCUT2D eigenvalue weighted by Crippen LogP contribution is -2.03. The lowest BCUT2D eigenvalue weighted by Gasteiger charge is -2.02. The maximum absolute atomic E-state index is 13.8. The van der Waals surface area contributed by atoms with Crippen molar-refractivity contribution < 1.29 is 4.39 Å². The number of benzene rings is 1. The lowest BCUT2D eigenvalue weighted by molar-refractivity contribution is 0.630. The number of nitrogens with zero attached hydrogens (tertiary/aromatic N) is 3. The van der Waals surface area contributed by atoms with Crippen molar-refractivity contribution in [1.29, 1.82) is 0 Å². The summed E-state index contributed by atoms with van der Waals surface area (Å²) in [4.78, 5) is 4.22. The van der Waals surface area contributed by atoms with Crippen molar-refractivity contribution in [1.82, 2.24) is 14.8 Å². The van der Waals surface area contributed by atoms with E-state index in [1.54, 1.807) is 36.5 Å². The summed E-state index contributed by atoms with van der Waals surface area (Å²) in [5.74, 6) is 0.646. The second-order valence-electron chi connectivity index (χ2n) is 4.18. The van der Waals surface area contributed by atoms with Crippen LogP contribution in [0.4, 0.5) is 10.2 Å². The number of nitrogen functional groups attached to an aromatic ring is 1. The van der Waals surface area contributed by atoms with E-state index in [2.05, 4.69) is 26.0 Å². The van der Waals surface area contributed by atoms with E-state index >= 15 is 0 Å². The van der Waals surface area contributed by atoms with Crippen LogP contribution < -0.4 is 5.73 Å². The molecule has 2 aromatic heterocycles. The highest BCUT2D eigenvalue weighted by Gasteiger charge is 2.12. The first-order chi connectivity index (χ1) is 9.65. The molecule has 4 nitrogen and oxygen atoms in total. The normalized spacial score (nSPS) is 10.7. The van der Waals surface area contributed by atoms with Crippen molar-refractivity contribution in [2.45, 2.75) is 0 Å². The van der Waals surface area contributed by atoms with Gasteiger partial charge in [0.15, 0.2) is 5.82 Å². The van der Waals surface area contributed by atoms with Crippen LogP contribution in [-0.2, 0) is 0 Å². The quantitative estimate of drug-likeness (QED) is 0.782. The molecule has 0 radical (unpaired) electrons. The molecule has 3 rings (SSSR count). The average Bonchev–Trinajstić information content (AvgIpc) is 2.82. The molecule has 0 atom stereocenters. The summed E-state index contributed by atoms with van der Waals surface area (Å²) in [5.41, 5.74) is 6.81. The molecule has 3 aromatic rings. The summed E-state index contributed by atoms with van der Waals surface area (Å²) in [6.07, 6.45) is 1.65. The molecule has 0 saturated carbocycles. The van der Waals surface area contributed by atoms with Gasteiger partial charge in [0.2, 0.25) is 0 Å². The van der Waals surface area contributed by atoms with Gasteiger partial charge in [0.05, 0.1) is 5.69 Å². The second-order valence-corrected chi connectivity index (χ2v) is 5.10. The van der Waals surface area contributed by atoms with Crippen LogP contribution in [0.3, 0.4) is 0 Å². The van der Waals surface area contributed by atoms with Gasteiger partial charge in [-0.2, -0.15) is 9.78 Å². The molecule has 6 heteroatoms. The Morgan fingerprint density at radius 2 is 1.95 bits per heavy atom. The number of aromatic nitrogens is 3. The Morgan fingerprint density at radius 1 is 1.15 bits per heavy atom. The van der Waals surface area contributed by atoms with Crippen molar-refractivity contribution in [3.8, 4) is 17.1 Å². The standard InChI is InChI=1S/C14H10BrFN4/c15-9-5-6-14(18-8-9)20-13(17)7-12(19-20)10-3-1-2-4-11(10)16/h1-8H,17H2. The van der Waals surface area contributed by atoms with Gasteiger partial charge < -0.3 is 5.73 Å². The lowest BCUT2D eigenvalue weighted by atomic mass is 10.1. The molecule has 0 fully saturated rings.